The minimum absolute atomic E-state index is 0.0256. The maximum Gasteiger partial charge on any atom is 0.481 e. The summed E-state index contributed by atoms with van der Waals surface area (Å²) in [5.74, 6) is -1.83. The second-order valence-corrected chi connectivity index (χ2v) is 21.6. The van der Waals surface area contributed by atoms with E-state index in [0.29, 0.717) is 6.42 Å². The highest BCUT2D eigenvalue weighted by Crippen LogP contribution is 2.61. The molecule has 0 saturated carbocycles. The van der Waals surface area contributed by atoms with Crippen molar-refractivity contribution in [2.75, 3.05) is 37.8 Å². The summed E-state index contributed by atoms with van der Waals surface area (Å²) < 4.78 is 62.3. The van der Waals surface area contributed by atoms with Crippen LogP contribution in [0.15, 0.2) is 12.7 Å². The van der Waals surface area contributed by atoms with Crippen molar-refractivity contribution >= 4 is 74.9 Å². The minimum atomic E-state index is -5.59. The van der Waals surface area contributed by atoms with Crippen LogP contribution in [0.4, 0.5) is 5.82 Å². The number of fused-ring (bicyclic) bond motifs is 1. The summed E-state index contributed by atoms with van der Waals surface area (Å²) in [5.41, 5.74) is 4.24. The highest BCUT2D eigenvalue weighted by Gasteiger charge is 2.50. The van der Waals surface area contributed by atoms with Crippen molar-refractivity contribution in [1.29, 1.82) is 0 Å². The molecular formula is C37H64N7O18P3S. The molecule has 1 fully saturated rings. The number of anilines is 1. The fraction of sp³-hybridized carbons (Fsp3) is 0.757. The molecule has 0 aromatic carbocycles. The van der Waals surface area contributed by atoms with Gasteiger partial charge in [0, 0.05) is 37.1 Å². The third-order valence-electron chi connectivity index (χ3n) is 10.2. The van der Waals surface area contributed by atoms with Crippen molar-refractivity contribution in [2.24, 2.45) is 5.41 Å². The summed E-state index contributed by atoms with van der Waals surface area (Å²) in [7, 11) is -16.4. The van der Waals surface area contributed by atoms with E-state index >= 15 is 0 Å². The van der Waals surface area contributed by atoms with Crippen molar-refractivity contribution in [3.63, 3.8) is 0 Å². The van der Waals surface area contributed by atoms with Crippen LogP contribution in [-0.2, 0) is 55.5 Å². The zero-order valence-electron chi connectivity index (χ0n) is 37.2. The molecular weight excluding hydrogens is 955 g/mol. The fourth-order valence-corrected chi connectivity index (χ4v) is 10.1. The van der Waals surface area contributed by atoms with Crippen LogP contribution >= 0.6 is 35.2 Å². The maximum absolute atomic E-state index is 12.7. The van der Waals surface area contributed by atoms with E-state index in [1.54, 1.807) is 0 Å². The number of ether oxygens (including phenoxy) is 1. The van der Waals surface area contributed by atoms with E-state index in [2.05, 4.69) is 41.3 Å². The lowest BCUT2D eigenvalue weighted by atomic mass is 9.87. The molecule has 2 aromatic heterocycles. The first kappa shape index (κ1) is 57.5. The van der Waals surface area contributed by atoms with Gasteiger partial charge < -0.3 is 50.9 Å². The Morgan fingerprint density at radius 3 is 2.11 bits per heavy atom. The minimum Gasteiger partial charge on any atom is -0.386 e. The molecule has 3 heterocycles. The number of phosphoric ester groups is 3. The van der Waals surface area contributed by atoms with Crippen molar-refractivity contribution in [3.8, 4) is 0 Å². The Morgan fingerprint density at radius 2 is 1.48 bits per heavy atom. The van der Waals surface area contributed by atoms with E-state index in [0.717, 1.165) is 48.2 Å². The molecule has 0 bridgehead atoms. The standard InChI is InChI=1S/C37H64N7O18P3S/c1-4-5-6-7-8-9-10-11-12-13-14-15-16-25(45)36(50)66-20-19-39-27(46)17-18-40-34(49)31(48)37(2,3)22-59-65(56,57)62-64(54,55)58-21-26-30(61-63(51,52)53)29(47)35(60-26)44-24-43-28-32(38)41-23-42-33(28)44/h23-24,26,29-31,35,47-48H,4-22H2,1-3H3,(H,39,46)(H,40,49)(H,54,55)(H,56,57)(H2,38,41,42)(H2,51,52,53)/t26-,29-,30-,31+,35-/m1/s1. The summed E-state index contributed by atoms with van der Waals surface area (Å²) >= 11 is 0.813. The van der Waals surface area contributed by atoms with E-state index in [1.807, 2.05) is 0 Å². The summed E-state index contributed by atoms with van der Waals surface area (Å²) in [6.45, 7) is 2.49. The van der Waals surface area contributed by atoms with Crippen LogP contribution in [0.1, 0.15) is 117 Å². The average molecular weight is 1020 g/mol. The molecule has 1 aliphatic heterocycles. The van der Waals surface area contributed by atoms with Crippen molar-refractivity contribution in [2.45, 2.75) is 141 Å². The Hall–Kier alpha value is -2.77. The molecule has 0 radical (unpaired) electrons. The molecule has 66 heavy (non-hydrogen) atoms. The van der Waals surface area contributed by atoms with Gasteiger partial charge in [0.05, 0.1) is 19.5 Å². The number of nitrogens with two attached hydrogens (primary N) is 1. The van der Waals surface area contributed by atoms with Gasteiger partial charge in [-0.25, -0.2) is 28.6 Å². The summed E-state index contributed by atoms with van der Waals surface area (Å²) in [6.07, 6.45) is 6.97. The van der Waals surface area contributed by atoms with Gasteiger partial charge in [-0.3, -0.25) is 37.3 Å². The Balaban J connectivity index is 1.34. The summed E-state index contributed by atoms with van der Waals surface area (Å²) in [6, 6.07) is 0. The largest absolute Gasteiger partial charge is 0.481 e. The van der Waals surface area contributed by atoms with E-state index < -0.39 is 95.5 Å². The third-order valence-corrected chi connectivity index (χ3v) is 14.2. The lowest BCUT2D eigenvalue weighted by Gasteiger charge is -2.30. The number of thioether (sulfide) groups is 1. The molecule has 1 saturated heterocycles. The van der Waals surface area contributed by atoms with Crippen molar-refractivity contribution in [1.82, 2.24) is 30.2 Å². The van der Waals surface area contributed by atoms with Gasteiger partial charge in [-0.1, -0.05) is 103 Å². The number of aromatic nitrogens is 4. The smallest absolute Gasteiger partial charge is 0.386 e. The first-order chi connectivity index (χ1) is 31.0. The Labute approximate surface area is 386 Å². The van der Waals surface area contributed by atoms with Gasteiger partial charge in [-0.15, -0.1) is 0 Å². The van der Waals surface area contributed by atoms with E-state index in [4.69, 9.17) is 19.5 Å². The number of phosphoric acid groups is 3. The molecule has 25 nitrogen and oxygen atoms in total. The topological polar surface area (TPSA) is 381 Å². The van der Waals surface area contributed by atoms with Crippen LogP contribution in [0.25, 0.3) is 11.2 Å². The number of carbonyl (C=O) groups excluding carboxylic acids is 4. The monoisotopic (exact) mass is 1020 g/mol. The number of Topliss-reactive ketones (excluding diaryl/α,β-unsaturated/α-hetero) is 1. The first-order valence-electron chi connectivity index (χ1n) is 21.6. The first-order valence-corrected chi connectivity index (χ1v) is 27.1. The molecule has 29 heteroatoms. The number of rotatable bonds is 33. The summed E-state index contributed by atoms with van der Waals surface area (Å²) in [5, 5.41) is 25.9. The van der Waals surface area contributed by atoms with Gasteiger partial charge in [0.2, 0.25) is 17.6 Å². The Morgan fingerprint density at radius 1 is 0.879 bits per heavy atom. The number of nitrogens with zero attached hydrogens (tertiary/aromatic N) is 4. The maximum atomic E-state index is 12.7. The predicted octanol–water partition coefficient (Wildman–Crippen LogP) is 3.33. The average Bonchev–Trinajstić information content (AvgIpc) is 3.80. The lowest BCUT2D eigenvalue weighted by molar-refractivity contribution is -0.137. The number of unbranched alkanes of at least 4 members (excludes halogenated alkanes) is 11. The Kier molecular flexibility index (Phi) is 23.9. The number of hydrogen-bond acceptors (Lipinski definition) is 19. The fourth-order valence-electron chi connectivity index (χ4n) is 6.58. The number of aliphatic hydroxyl groups excluding tert-OH is 2. The highest BCUT2D eigenvalue weighted by molar-refractivity contribution is 8.15. The van der Waals surface area contributed by atoms with Crippen molar-refractivity contribution in [3.05, 3.63) is 12.7 Å². The quantitative estimate of drug-likeness (QED) is 0.0281. The normalized spacial score (nSPS) is 20.1. The molecule has 0 aliphatic carbocycles. The highest BCUT2D eigenvalue weighted by atomic mass is 32.2. The van der Waals surface area contributed by atoms with Crippen LogP contribution in [0.3, 0.4) is 0 Å². The zero-order valence-corrected chi connectivity index (χ0v) is 40.7. The van der Waals surface area contributed by atoms with Gasteiger partial charge in [-0.05, 0) is 6.42 Å². The number of hydrogen-bond donors (Lipinski definition) is 9. The van der Waals surface area contributed by atoms with Gasteiger partial charge in [0.25, 0.3) is 5.12 Å². The van der Waals surface area contributed by atoms with Gasteiger partial charge in [0.1, 0.15) is 36.3 Å². The molecule has 2 aromatic rings. The van der Waals surface area contributed by atoms with Crippen LogP contribution in [0.2, 0.25) is 0 Å². The van der Waals surface area contributed by atoms with Crippen LogP contribution in [0.5, 0.6) is 0 Å². The van der Waals surface area contributed by atoms with Crippen LogP contribution < -0.4 is 16.4 Å². The van der Waals surface area contributed by atoms with Crippen LogP contribution in [0, 0.1) is 5.41 Å². The molecule has 2 unspecified atom stereocenters. The molecule has 2 amide bonds. The van der Waals surface area contributed by atoms with E-state index in [1.165, 1.54) is 65.2 Å². The second-order valence-electron chi connectivity index (χ2n) is 16.3. The molecule has 10 N–H and O–H groups in total. The SMILES string of the molecule is CCCCCCCCCCCCCCC(=O)C(=O)SCCNC(=O)CCNC(=O)[C@H](O)C(C)(C)COP(=O)(O)OP(=O)(O)OC[C@H]1O[C@@H](n2cnc3c(N)ncnc32)[C@H](O)[C@@H]1OP(=O)(O)O. The third kappa shape index (κ3) is 20.1. The number of ketones is 1. The number of nitrogen functional groups attached to an aromatic ring is 1. The van der Waals surface area contributed by atoms with Gasteiger partial charge in [-0.2, -0.15) is 4.31 Å². The second kappa shape index (κ2) is 27.4. The lowest BCUT2D eigenvalue weighted by Crippen LogP contribution is -2.46. The molecule has 376 valence electrons. The molecule has 1 aliphatic rings. The van der Waals surface area contributed by atoms with Gasteiger partial charge >= 0.3 is 23.5 Å². The van der Waals surface area contributed by atoms with Crippen LogP contribution in [-0.4, -0.2) is 128 Å². The Bertz CT molecular complexity index is 2040. The zero-order chi connectivity index (χ0) is 49.1. The molecule has 0 spiro atoms. The predicted molar refractivity (Wildman–Crippen MR) is 238 cm³/mol. The molecule has 7 atom stereocenters. The van der Waals surface area contributed by atoms with Crippen molar-refractivity contribution < 1.29 is 85.3 Å². The van der Waals surface area contributed by atoms with E-state index in [9.17, 15) is 62.7 Å². The molecule has 3 rings (SSSR count). The number of amides is 2. The van der Waals surface area contributed by atoms with Gasteiger partial charge in [0.15, 0.2) is 17.7 Å². The van der Waals surface area contributed by atoms with E-state index in [-0.39, 0.29) is 48.7 Å². The number of carbonyl (C=O) groups is 4. The number of nitrogens with one attached hydrogen (secondary N) is 2. The number of imidazole rings is 1. The summed E-state index contributed by atoms with van der Waals surface area (Å²) in [4.78, 5) is 100. The number of aliphatic hydroxyl groups is 2.